The summed E-state index contributed by atoms with van der Waals surface area (Å²) in [6.45, 7) is 6.81. The van der Waals surface area contributed by atoms with Crippen molar-refractivity contribution in [2.24, 2.45) is 16.7 Å². The Morgan fingerprint density at radius 1 is 1.36 bits per heavy atom. The van der Waals surface area contributed by atoms with Crippen molar-refractivity contribution in [3.63, 3.8) is 0 Å². The van der Waals surface area contributed by atoms with E-state index in [0.29, 0.717) is 11.8 Å². The fourth-order valence-electron chi connectivity index (χ4n) is 4.64. The van der Waals surface area contributed by atoms with Crippen molar-refractivity contribution in [3.8, 4) is 0 Å². The van der Waals surface area contributed by atoms with Crippen molar-refractivity contribution >= 4 is 5.97 Å². The summed E-state index contributed by atoms with van der Waals surface area (Å²) in [5.74, 6) is 0.793. The Morgan fingerprint density at radius 2 is 2.07 bits per heavy atom. The Hall–Kier alpha value is -0.530. The molecule has 0 amide bonds. The maximum absolute atomic E-state index is 11.5. The van der Waals surface area contributed by atoms with Gasteiger partial charge < -0.3 is 4.74 Å². The molecule has 1 heterocycles. The van der Waals surface area contributed by atoms with Crippen LogP contribution in [-0.2, 0) is 9.53 Å². The number of hydrogen-bond acceptors (Lipinski definition) is 2. The van der Waals surface area contributed by atoms with E-state index in [1.807, 2.05) is 0 Å². The monoisotopic (exact) mass is 194 g/mol. The molecule has 0 aromatic carbocycles. The lowest BCUT2D eigenvalue weighted by atomic mass is 9.63. The number of fused-ring (bicyclic) bond motifs is 1. The van der Waals surface area contributed by atoms with Gasteiger partial charge in [0.25, 0.3) is 0 Å². The third-order valence-corrected chi connectivity index (χ3v) is 5.61. The molecule has 3 rings (SSSR count). The summed E-state index contributed by atoms with van der Waals surface area (Å²) in [6, 6.07) is 0. The Balaban J connectivity index is 2.16. The van der Waals surface area contributed by atoms with Crippen LogP contribution in [-0.4, -0.2) is 11.6 Å². The van der Waals surface area contributed by atoms with Crippen LogP contribution in [0.1, 0.15) is 46.5 Å². The highest BCUT2D eigenvalue weighted by Gasteiger charge is 2.74. The van der Waals surface area contributed by atoms with Crippen molar-refractivity contribution < 1.29 is 9.53 Å². The molecule has 14 heavy (non-hydrogen) atoms. The topological polar surface area (TPSA) is 26.3 Å². The highest BCUT2D eigenvalue weighted by molar-refractivity contribution is 5.75. The fourth-order valence-corrected chi connectivity index (χ4v) is 4.64. The number of esters is 1. The summed E-state index contributed by atoms with van der Waals surface area (Å²) in [4.78, 5) is 11.5. The van der Waals surface area contributed by atoms with E-state index in [1.54, 1.807) is 0 Å². The summed E-state index contributed by atoms with van der Waals surface area (Å²) in [7, 11) is 0. The lowest BCUT2D eigenvalue weighted by Gasteiger charge is -2.41. The SMILES string of the molecule is CC1(C)C2CC[C@@]13CC(=O)O[C@]3(C)C2. The van der Waals surface area contributed by atoms with Crippen molar-refractivity contribution in [1.29, 1.82) is 0 Å². The zero-order chi connectivity index (χ0) is 10.2. The maximum Gasteiger partial charge on any atom is 0.307 e. The molecular weight excluding hydrogens is 176 g/mol. The minimum absolute atomic E-state index is 0.0286. The standard InChI is InChI=1S/C12H18O2/c1-10(2)8-4-5-12(10)7-9(13)14-11(12,3)6-8/h8H,4-7H2,1-3H3/t8?,11-,12-/m1/s1. The van der Waals surface area contributed by atoms with Crippen LogP contribution in [0.5, 0.6) is 0 Å². The van der Waals surface area contributed by atoms with Gasteiger partial charge in [0, 0.05) is 5.41 Å². The third kappa shape index (κ3) is 0.636. The second-order valence-corrected chi connectivity index (χ2v) is 6.13. The van der Waals surface area contributed by atoms with E-state index in [2.05, 4.69) is 20.8 Å². The van der Waals surface area contributed by atoms with Gasteiger partial charge in [0.05, 0.1) is 6.42 Å². The van der Waals surface area contributed by atoms with Gasteiger partial charge in [0.1, 0.15) is 5.60 Å². The molecule has 2 bridgehead atoms. The lowest BCUT2D eigenvalue weighted by Crippen LogP contribution is -2.43. The molecule has 3 fully saturated rings. The summed E-state index contributed by atoms with van der Waals surface area (Å²) in [5.41, 5.74) is 0.312. The van der Waals surface area contributed by atoms with Gasteiger partial charge in [0.2, 0.25) is 0 Å². The first-order valence-electron chi connectivity index (χ1n) is 5.63. The second kappa shape index (κ2) is 2.02. The van der Waals surface area contributed by atoms with Crippen LogP contribution < -0.4 is 0 Å². The molecule has 2 heteroatoms. The molecule has 78 valence electrons. The Kier molecular flexibility index (Phi) is 1.27. The van der Waals surface area contributed by atoms with Crippen molar-refractivity contribution in [1.82, 2.24) is 0 Å². The van der Waals surface area contributed by atoms with Gasteiger partial charge in [-0.3, -0.25) is 4.79 Å². The minimum atomic E-state index is -0.142. The lowest BCUT2D eigenvalue weighted by molar-refractivity contribution is -0.150. The predicted octanol–water partition coefficient (Wildman–Crippen LogP) is 2.52. The Labute approximate surface area is 85.0 Å². The van der Waals surface area contributed by atoms with E-state index in [9.17, 15) is 4.79 Å². The number of hydrogen-bond donors (Lipinski definition) is 0. The van der Waals surface area contributed by atoms with E-state index in [4.69, 9.17) is 4.74 Å². The highest BCUT2D eigenvalue weighted by Crippen LogP contribution is 2.74. The van der Waals surface area contributed by atoms with Gasteiger partial charge in [0.15, 0.2) is 0 Å². The molecule has 0 aromatic rings. The van der Waals surface area contributed by atoms with E-state index < -0.39 is 0 Å². The van der Waals surface area contributed by atoms with Gasteiger partial charge in [-0.1, -0.05) is 13.8 Å². The zero-order valence-corrected chi connectivity index (χ0v) is 9.22. The molecule has 2 nitrogen and oxygen atoms in total. The van der Waals surface area contributed by atoms with E-state index in [-0.39, 0.29) is 17.0 Å². The largest absolute Gasteiger partial charge is 0.459 e. The molecule has 1 spiro atoms. The molecular formula is C12H18O2. The van der Waals surface area contributed by atoms with E-state index >= 15 is 0 Å². The van der Waals surface area contributed by atoms with Crippen molar-refractivity contribution in [2.45, 2.75) is 52.1 Å². The molecule has 2 aliphatic carbocycles. The molecule has 3 atom stereocenters. The first kappa shape index (κ1) is 8.75. The van der Waals surface area contributed by atoms with Crippen LogP contribution in [0.4, 0.5) is 0 Å². The van der Waals surface area contributed by atoms with E-state index in [0.717, 1.165) is 12.3 Å². The molecule has 0 radical (unpaired) electrons. The van der Waals surface area contributed by atoms with Gasteiger partial charge in [-0.25, -0.2) is 0 Å². The Bertz CT molecular complexity index is 320. The molecule has 1 aliphatic heterocycles. The van der Waals surface area contributed by atoms with Crippen LogP contribution >= 0.6 is 0 Å². The normalized spacial score (nSPS) is 53.4. The second-order valence-electron chi connectivity index (χ2n) is 6.13. The van der Waals surface area contributed by atoms with Crippen molar-refractivity contribution in [3.05, 3.63) is 0 Å². The summed E-state index contributed by atoms with van der Waals surface area (Å²) in [5, 5.41) is 0. The van der Waals surface area contributed by atoms with Crippen LogP contribution in [0.15, 0.2) is 0 Å². The highest BCUT2D eigenvalue weighted by atomic mass is 16.6. The third-order valence-electron chi connectivity index (χ3n) is 5.61. The summed E-state index contributed by atoms with van der Waals surface area (Å²) < 4.78 is 5.59. The smallest absolute Gasteiger partial charge is 0.307 e. The zero-order valence-electron chi connectivity index (χ0n) is 9.22. The average molecular weight is 194 g/mol. The van der Waals surface area contributed by atoms with Gasteiger partial charge in [-0.05, 0) is 37.5 Å². The molecule has 2 saturated carbocycles. The quantitative estimate of drug-likeness (QED) is 0.554. The molecule has 0 aromatic heterocycles. The predicted molar refractivity (Wildman–Crippen MR) is 52.7 cm³/mol. The van der Waals surface area contributed by atoms with E-state index in [1.165, 1.54) is 12.8 Å². The molecule has 1 saturated heterocycles. The summed E-state index contributed by atoms with van der Waals surface area (Å²) >= 11 is 0. The number of carbonyl (C=O) groups excluding carboxylic acids is 1. The van der Waals surface area contributed by atoms with Crippen molar-refractivity contribution in [2.75, 3.05) is 0 Å². The van der Waals surface area contributed by atoms with Crippen LogP contribution in [0, 0.1) is 16.7 Å². The van der Waals surface area contributed by atoms with Gasteiger partial charge >= 0.3 is 5.97 Å². The number of carbonyl (C=O) groups is 1. The maximum atomic E-state index is 11.5. The first-order valence-corrected chi connectivity index (χ1v) is 5.63. The fraction of sp³-hybridized carbons (Fsp3) is 0.917. The van der Waals surface area contributed by atoms with Crippen LogP contribution in [0.3, 0.4) is 0 Å². The van der Waals surface area contributed by atoms with Gasteiger partial charge in [-0.2, -0.15) is 0 Å². The number of rotatable bonds is 0. The number of ether oxygens (including phenoxy) is 1. The van der Waals surface area contributed by atoms with Gasteiger partial charge in [-0.15, -0.1) is 0 Å². The van der Waals surface area contributed by atoms with Crippen LogP contribution in [0.25, 0.3) is 0 Å². The molecule has 3 aliphatic rings. The minimum Gasteiger partial charge on any atom is -0.459 e. The van der Waals surface area contributed by atoms with Crippen LogP contribution in [0.2, 0.25) is 0 Å². The average Bonchev–Trinajstić information content (AvgIpc) is 2.50. The summed E-state index contributed by atoms with van der Waals surface area (Å²) in [6.07, 6.45) is 4.23. The Morgan fingerprint density at radius 3 is 2.64 bits per heavy atom. The first-order chi connectivity index (χ1) is 6.41. The molecule has 0 N–H and O–H groups in total. The molecule has 1 unspecified atom stereocenters.